The van der Waals surface area contributed by atoms with E-state index in [1.165, 1.54) is 4.31 Å². The third kappa shape index (κ3) is 3.15. The van der Waals surface area contributed by atoms with Crippen LogP contribution in [0.25, 0.3) is 0 Å². The topological polar surface area (TPSA) is 76.1 Å². The Morgan fingerprint density at radius 2 is 1.93 bits per heavy atom. The van der Waals surface area contributed by atoms with Crippen LogP contribution in [0.1, 0.15) is 12.0 Å². The molecule has 4 rings (SSSR count). The number of benzene rings is 2. The van der Waals surface area contributed by atoms with E-state index in [9.17, 15) is 13.2 Å². The molecule has 0 radical (unpaired) electrons. The van der Waals surface area contributed by atoms with Crippen LogP contribution in [0.15, 0.2) is 53.4 Å². The smallest absolute Gasteiger partial charge is 0.414 e. The highest BCUT2D eigenvalue weighted by molar-refractivity contribution is 7.89. The lowest BCUT2D eigenvalue weighted by Gasteiger charge is -2.32. The number of amides is 1. The molecule has 1 atom stereocenters. The molecular formula is C19H20N2O5S. The highest BCUT2D eigenvalue weighted by Crippen LogP contribution is 2.35. The first kappa shape index (κ1) is 17.8. The van der Waals surface area contributed by atoms with Crippen molar-refractivity contribution in [2.75, 3.05) is 25.2 Å². The van der Waals surface area contributed by atoms with Crippen LogP contribution in [0.3, 0.4) is 0 Å². The number of methoxy groups -OCH3 is 1. The van der Waals surface area contributed by atoms with Gasteiger partial charge in [-0.3, -0.25) is 4.90 Å². The summed E-state index contributed by atoms with van der Waals surface area (Å²) in [6, 6.07) is 13.5. The minimum Gasteiger partial charge on any atom is -0.497 e. The average Bonchev–Trinajstić information content (AvgIpc) is 3.03. The average molecular weight is 388 g/mol. The van der Waals surface area contributed by atoms with Gasteiger partial charge in [0.2, 0.25) is 10.0 Å². The van der Waals surface area contributed by atoms with E-state index in [0.29, 0.717) is 30.0 Å². The minimum absolute atomic E-state index is 0.153. The number of fused-ring (bicyclic) bond motifs is 3. The molecule has 2 aliphatic rings. The molecule has 0 aliphatic carbocycles. The first-order valence-electron chi connectivity index (χ1n) is 8.69. The second-order valence-electron chi connectivity index (χ2n) is 6.54. The summed E-state index contributed by atoms with van der Waals surface area (Å²) in [5.41, 5.74) is 1.37. The molecule has 0 saturated carbocycles. The first-order chi connectivity index (χ1) is 13.0. The SMILES string of the molecule is COc1ccc2c(c1)CN(S(=O)(=O)c1ccccc1)CCC1COC(=O)N21. The van der Waals surface area contributed by atoms with Crippen molar-refractivity contribution >= 4 is 21.8 Å². The molecule has 0 bridgehead atoms. The summed E-state index contributed by atoms with van der Waals surface area (Å²) < 4.78 is 38.3. The minimum atomic E-state index is -3.66. The van der Waals surface area contributed by atoms with Crippen molar-refractivity contribution in [1.29, 1.82) is 0 Å². The number of cyclic esters (lactones) is 1. The van der Waals surface area contributed by atoms with Crippen molar-refractivity contribution in [1.82, 2.24) is 4.31 Å². The Hall–Kier alpha value is -2.58. The maximum Gasteiger partial charge on any atom is 0.414 e. The molecule has 0 spiro atoms. The first-order valence-corrected chi connectivity index (χ1v) is 10.1. The van der Waals surface area contributed by atoms with E-state index in [1.807, 2.05) is 0 Å². The van der Waals surface area contributed by atoms with Gasteiger partial charge in [-0.05, 0) is 42.3 Å². The van der Waals surface area contributed by atoms with E-state index in [4.69, 9.17) is 9.47 Å². The van der Waals surface area contributed by atoms with Crippen LogP contribution in [0.4, 0.5) is 10.5 Å². The number of rotatable bonds is 3. The van der Waals surface area contributed by atoms with Crippen molar-refractivity contribution < 1.29 is 22.7 Å². The molecule has 7 nitrogen and oxygen atoms in total. The summed E-state index contributed by atoms with van der Waals surface area (Å²) in [6.07, 6.45) is 0.106. The third-order valence-electron chi connectivity index (χ3n) is 4.95. The Bertz CT molecular complexity index is 961. The molecule has 8 heteroatoms. The zero-order valence-corrected chi connectivity index (χ0v) is 15.7. The van der Waals surface area contributed by atoms with Crippen molar-refractivity contribution in [2.24, 2.45) is 0 Å². The monoisotopic (exact) mass is 388 g/mol. The second kappa shape index (κ2) is 6.86. The molecule has 0 N–H and O–H groups in total. The standard InChI is InChI=1S/C19H20N2O5S/c1-25-16-7-8-18-14(11-16)12-20(10-9-15-13-26-19(22)21(15)18)27(23,24)17-5-3-2-4-6-17/h2-8,11,15H,9-10,12-13H2,1H3. The fraction of sp³-hybridized carbons (Fsp3) is 0.316. The Kier molecular flexibility index (Phi) is 4.53. The zero-order valence-electron chi connectivity index (χ0n) is 14.9. The fourth-order valence-electron chi connectivity index (χ4n) is 3.53. The quantitative estimate of drug-likeness (QED) is 0.808. The summed E-state index contributed by atoms with van der Waals surface area (Å²) in [6.45, 7) is 0.704. The van der Waals surface area contributed by atoms with Crippen molar-refractivity contribution in [3.05, 3.63) is 54.1 Å². The summed E-state index contributed by atoms with van der Waals surface area (Å²) in [7, 11) is -2.11. The molecule has 142 valence electrons. The maximum absolute atomic E-state index is 13.2. The molecular weight excluding hydrogens is 368 g/mol. The van der Waals surface area contributed by atoms with Crippen molar-refractivity contribution in [3.63, 3.8) is 0 Å². The lowest BCUT2D eigenvalue weighted by atomic mass is 10.1. The van der Waals surface area contributed by atoms with Crippen LogP contribution in [-0.4, -0.2) is 45.1 Å². The lowest BCUT2D eigenvalue weighted by molar-refractivity contribution is 0.178. The van der Waals surface area contributed by atoms with Crippen LogP contribution in [0.5, 0.6) is 5.75 Å². The highest BCUT2D eigenvalue weighted by atomic mass is 32.2. The zero-order chi connectivity index (χ0) is 19.0. The molecule has 1 amide bonds. The lowest BCUT2D eigenvalue weighted by Crippen LogP contribution is -2.42. The van der Waals surface area contributed by atoms with E-state index in [1.54, 1.807) is 60.5 Å². The summed E-state index contributed by atoms with van der Waals surface area (Å²) >= 11 is 0. The van der Waals surface area contributed by atoms with Gasteiger partial charge in [0, 0.05) is 13.1 Å². The van der Waals surface area contributed by atoms with E-state index >= 15 is 0 Å². The maximum atomic E-state index is 13.2. The molecule has 2 aliphatic heterocycles. The largest absolute Gasteiger partial charge is 0.497 e. The van der Waals surface area contributed by atoms with E-state index in [2.05, 4.69) is 0 Å². The number of carbonyl (C=O) groups excluding carboxylic acids is 1. The number of sulfonamides is 1. The van der Waals surface area contributed by atoms with E-state index in [-0.39, 0.29) is 24.1 Å². The van der Waals surface area contributed by atoms with Gasteiger partial charge < -0.3 is 9.47 Å². The van der Waals surface area contributed by atoms with Gasteiger partial charge in [-0.1, -0.05) is 18.2 Å². The predicted octanol–water partition coefficient (Wildman–Crippen LogP) is 2.62. The normalized spacial score (nSPS) is 20.3. The predicted molar refractivity (Wildman–Crippen MR) is 99.3 cm³/mol. The number of ether oxygens (including phenoxy) is 2. The van der Waals surface area contributed by atoms with Gasteiger partial charge in [-0.25, -0.2) is 13.2 Å². The number of nitrogens with zero attached hydrogens (tertiary/aromatic N) is 2. The van der Waals surface area contributed by atoms with Gasteiger partial charge in [0.15, 0.2) is 0 Å². The molecule has 27 heavy (non-hydrogen) atoms. The highest BCUT2D eigenvalue weighted by Gasteiger charge is 2.39. The molecule has 2 heterocycles. The number of anilines is 1. The Morgan fingerprint density at radius 1 is 1.15 bits per heavy atom. The number of carbonyl (C=O) groups is 1. The molecule has 1 fully saturated rings. The summed E-state index contributed by atoms with van der Waals surface area (Å²) in [5, 5.41) is 0. The van der Waals surface area contributed by atoms with Crippen LogP contribution >= 0.6 is 0 Å². The fourth-order valence-corrected chi connectivity index (χ4v) is 4.98. The number of hydrogen-bond acceptors (Lipinski definition) is 5. The third-order valence-corrected chi connectivity index (χ3v) is 6.81. The van der Waals surface area contributed by atoms with Crippen LogP contribution in [-0.2, 0) is 21.3 Å². The van der Waals surface area contributed by atoms with E-state index in [0.717, 1.165) is 0 Å². The summed E-state index contributed by atoms with van der Waals surface area (Å²) in [4.78, 5) is 14.1. The van der Waals surface area contributed by atoms with Crippen molar-refractivity contribution in [2.45, 2.75) is 23.9 Å². The molecule has 1 unspecified atom stereocenters. The van der Waals surface area contributed by atoms with Crippen molar-refractivity contribution in [3.8, 4) is 5.75 Å². The van der Waals surface area contributed by atoms with Crippen LogP contribution < -0.4 is 9.64 Å². The van der Waals surface area contributed by atoms with Crippen LogP contribution in [0, 0.1) is 0 Å². The Labute approximate surface area is 158 Å². The van der Waals surface area contributed by atoms with Gasteiger partial charge in [-0.15, -0.1) is 0 Å². The van der Waals surface area contributed by atoms with Crippen LogP contribution in [0.2, 0.25) is 0 Å². The van der Waals surface area contributed by atoms with Gasteiger partial charge >= 0.3 is 6.09 Å². The van der Waals surface area contributed by atoms with Gasteiger partial charge in [0.1, 0.15) is 12.4 Å². The Morgan fingerprint density at radius 3 is 2.67 bits per heavy atom. The van der Waals surface area contributed by atoms with Gasteiger partial charge in [0.05, 0.1) is 23.7 Å². The molecule has 2 aromatic carbocycles. The van der Waals surface area contributed by atoms with Gasteiger partial charge in [0.25, 0.3) is 0 Å². The second-order valence-corrected chi connectivity index (χ2v) is 8.47. The number of hydrogen-bond donors (Lipinski definition) is 0. The molecule has 1 saturated heterocycles. The Balaban J connectivity index is 1.78. The molecule has 2 aromatic rings. The van der Waals surface area contributed by atoms with E-state index < -0.39 is 16.1 Å². The molecule has 0 aromatic heterocycles. The summed E-state index contributed by atoms with van der Waals surface area (Å²) in [5.74, 6) is 0.607. The van der Waals surface area contributed by atoms with Gasteiger partial charge in [-0.2, -0.15) is 4.31 Å².